The van der Waals surface area contributed by atoms with Crippen LogP contribution in [0, 0.1) is 0 Å². The lowest BCUT2D eigenvalue weighted by Crippen LogP contribution is -2.01. The summed E-state index contributed by atoms with van der Waals surface area (Å²) < 4.78 is 5.35. The first-order chi connectivity index (χ1) is 8.65. The third-order valence-corrected chi connectivity index (χ3v) is 2.80. The molecule has 2 aromatic rings. The van der Waals surface area contributed by atoms with Gasteiger partial charge in [0.25, 0.3) is 0 Å². The zero-order chi connectivity index (χ0) is 13.1. The molecule has 0 saturated carbocycles. The summed E-state index contributed by atoms with van der Waals surface area (Å²) in [4.78, 5) is 0. The zero-order valence-electron chi connectivity index (χ0n) is 10.5. The molecule has 0 fully saturated rings. The molecule has 0 atom stereocenters. The Balaban J connectivity index is 2.64. The van der Waals surface area contributed by atoms with E-state index in [1.54, 1.807) is 13.2 Å². The maximum Gasteiger partial charge on any atom is 0.154 e. The Morgan fingerprint density at radius 2 is 1.89 bits per heavy atom. The number of nitrogens with two attached hydrogens (primary N) is 2. The first kappa shape index (κ1) is 12.2. The number of aromatic nitrogens is 2. The summed E-state index contributed by atoms with van der Waals surface area (Å²) in [5, 5.41) is 7.56. The molecule has 94 valence electrons. The van der Waals surface area contributed by atoms with Crippen LogP contribution in [0.2, 0.25) is 0 Å². The van der Waals surface area contributed by atoms with Gasteiger partial charge in [-0.05, 0) is 30.2 Å². The van der Waals surface area contributed by atoms with E-state index in [-0.39, 0.29) is 0 Å². The molecule has 0 aliphatic heterocycles. The number of nitrogens with zero attached hydrogens (tertiary/aromatic N) is 2. The minimum absolute atomic E-state index is 0.336. The van der Waals surface area contributed by atoms with Crippen LogP contribution in [0.5, 0.6) is 5.75 Å². The average molecular weight is 244 g/mol. The van der Waals surface area contributed by atoms with Gasteiger partial charge in [-0.1, -0.05) is 13.0 Å². The monoisotopic (exact) mass is 244 g/mol. The van der Waals surface area contributed by atoms with Crippen molar-refractivity contribution in [3.8, 4) is 16.9 Å². The molecule has 0 radical (unpaired) electrons. The van der Waals surface area contributed by atoms with Gasteiger partial charge >= 0.3 is 0 Å². The summed E-state index contributed by atoms with van der Waals surface area (Å²) in [7, 11) is 1.62. The van der Waals surface area contributed by atoms with Crippen molar-refractivity contribution in [3.05, 3.63) is 29.8 Å². The number of anilines is 2. The van der Waals surface area contributed by atoms with Gasteiger partial charge < -0.3 is 16.2 Å². The van der Waals surface area contributed by atoms with E-state index in [2.05, 4.69) is 17.1 Å². The van der Waals surface area contributed by atoms with Crippen LogP contribution in [0.15, 0.2) is 24.3 Å². The number of hydrogen-bond acceptors (Lipinski definition) is 5. The Bertz CT molecular complexity index is 569. The van der Waals surface area contributed by atoms with Gasteiger partial charge in [0.1, 0.15) is 11.6 Å². The highest BCUT2D eigenvalue weighted by molar-refractivity contribution is 5.80. The number of rotatable bonds is 3. The minimum Gasteiger partial charge on any atom is -0.496 e. The molecule has 0 aliphatic rings. The van der Waals surface area contributed by atoms with Gasteiger partial charge in [0.2, 0.25) is 0 Å². The van der Waals surface area contributed by atoms with Crippen molar-refractivity contribution in [2.75, 3.05) is 18.6 Å². The first-order valence-electron chi connectivity index (χ1n) is 5.71. The molecule has 0 bridgehead atoms. The highest BCUT2D eigenvalue weighted by atomic mass is 16.5. The minimum atomic E-state index is 0.336. The molecule has 5 nitrogen and oxygen atoms in total. The Labute approximate surface area is 106 Å². The number of methoxy groups -OCH3 is 1. The van der Waals surface area contributed by atoms with Crippen LogP contribution in [0.3, 0.4) is 0 Å². The fraction of sp³-hybridized carbons (Fsp3) is 0.231. The standard InChI is InChI=1S/C13H16N4O/c1-3-8-4-5-11(18-2)9(6-8)10-7-12(14)16-17-13(10)15/h4-7H,3H2,1-2H3,(H2,14,16)(H2,15,17). The van der Waals surface area contributed by atoms with Crippen molar-refractivity contribution in [1.82, 2.24) is 10.2 Å². The van der Waals surface area contributed by atoms with Crippen molar-refractivity contribution in [2.45, 2.75) is 13.3 Å². The normalized spacial score (nSPS) is 10.3. The van der Waals surface area contributed by atoms with Gasteiger partial charge in [-0.2, -0.15) is 0 Å². The summed E-state index contributed by atoms with van der Waals surface area (Å²) in [5.41, 5.74) is 14.3. The van der Waals surface area contributed by atoms with Crippen molar-refractivity contribution < 1.29 is 4.74 Å². The Kier molecular flexibility index (Phi) is 3.32. The van der Waals surface area contributed by atoms with Crippen molar-refractivity contribution in [3.63, 3.8) is 0 Å². The fourth-order valence-electron chi connectivity index (χ4n) is 1.82. The Hall–Kier alpha value is -2.30. The SMILES string of the molecule is CCc1ccc(OC)c(-c2cc(N)nnc2N)c1. The molecule has 1 aromatic heterocycles. The zero-order valence-corrected chi connectivity index (χ0v) is 10.5. The quantitative estimate of drug-likeness (QED) is 0.860. The van der Waals surface area contributed by atoms with Gasteiger partial charge in [0.05, 0.1) is 7.11 Å². The smallest absolute Gasteiger partial charge is 0.154 e. The van der Waals surface area contributed by atoms with Crippen LogP contribution in [0.4, 0.5) is 11.6 Å². The predicted octanol–water partition coefficient (Wildman–Crippen LogP) is 1.88. The molecule has 4 N–H and O–H groups in total. The van der Waals surface area contributed by atoms with E-state index in [0.717, 1.165) is 23.3 Å². The van der Waals surface area contributed by atoms with Crippen LogP contribution >= 0.6 is 0 Å². The average Bonchev–Trinajstić information content (AvgIpc) is 2.40. The van der Waals surface area contributed by atoms with Crippen molar-refractivity contribution >= 4 is 11.6 Å². The van der Waals surface area contributed by atoms with E-state index in [1.807, 2.05) is 18.2 Å². The molecular weight excluding hydrogens is 228 g/mol. The van der Waals surface area contributed by atoms with Crippen LogP contribution < -0.4 is 16.2 Å². The first-order valence-corrected chi connectivity index (χ1v) is 5.71. The molecule has 0 saturated heterocycles. The van der Waals surface area contributed by atoms with Gasteiger partial charge in [-0.25, -0.2) is 0 Å². The third-order valence-electron chi connectivity index (χ3n) is 2.80. The lowest BCUT2D eigenvalue weighted by molar-refractivity contribution is 0.416. The molecule has 18 heavy (non-hydrogen) atoms. The number of nitrogen functional groups attached to an aromatic ring is 2. The number of aryl methyl sites for hydroxylation is 1. The van der Waals surface area contributed by atoms with Gasteiger partial charge in [-0.15, -0.1) is 10.2 Å². The second kappa shape index (κ2) is 4.91. The lowest BCUT2D eigenvalue weighted by atomic mass is 10.0. The number of hydrogen-bond donors (Lipinski definition) is 2. The predicted molar refractivity (Wildman–Crippen MR) is 72.2 cm³/mol. The second-order valence-corrected chi connectivity index (χ2v) is 3.96. The van der Waals surface area contributed by atoms with Crippen molar-refractivity contribution in [2.24, 2.45) is 0 Å². The maximum atomic E-state index is 5.85. The van der Waals surface area contributed by atoms with E-state index >= 15 is 0 Å². The van der Waals surface area contributed by atoms with Gasteiger partial charge in [-0.3, -0.25) is 0 Å². The molecule has 5 heteroatoms. The summed E-state index contributed by atoms with van der Waals surface area (Å²) in [5.74, 6) is 1.42. The second-order valence-electron chi connectivity index (χ2n) is 3.96. The van der Waals surface area contributed by atoms with E-state index < -0.39 is 0 Å². The molecule has 0 unspecified atom stereocenters. The molecular formula is C13H16N4O. The van der Waals surface area contributed by atoms with Crippen LogP contribution in [-0.4, -0.2) is 17.3 Å². The lowest BCUT2D eigenvalue weighted by Gasteiger charge is -2.11. The molecule has 0 spiro atoms. The highest BCUT2D eigenvalue weighted by Crippen LogP contribution is 2.34. The molecule has 1 aromatic carbocycles. The van der Waals surface area contributed by atoms with E-state index in [1.165, 1.54) is 5.56 Å². The van der Waals surface area contributed by atoms with Crippen LogP contribution in [-0.2, 0) is 6.42 Å². The van der Waals surface area contributed by atoms with E-state index in [9.17, 15) is 0 Å². The third kappa shape index (κ3) is 2.20. The van der Waals surface area contributed by atoms with E-state index in [4.69, 9.17) is 16.2 Å². The van der Waals surface area contributed by atoms with Gasteiger partial charge in [0.15, 0.2) is 5.82 Å². The number of ether oxygens (including phenoxy) is 1. The van der Waals surface area contributed by atoms with Gasteiger partial charge in [0, 0.05) is 11.1 Å². The Morgan fingerprint density at radius 3 is 2.56 bits per heavy atom. The maximum absolute atomic E-state index is 5.85. The van der Waals surface area contributed by atoms with Crippen LogP contribution in [0.25, 0.3) is 11.1 Å². The Morgan fingerprint density at radius 1 is 1.11 bits per heavy atom. The largest absolute Gasteiger partial charge is 0.496 e. The summed E-state index contributed by atoms with van der Waals surface area (Å²) in [6, 6.07) is 7.69. The highest BCUT2D eigenvalue weighted by Gasteiger charge is 2.11. The van der Waals surface area contributed by atoms with E-state index in [0.29, 0.717) is 11.6 Å². The van der Waals surface area contributed by atoms with Crippen LogP contribution in [0.1, 0.15) is 12.5 Å². The summed E-state index contributed by atoms with van der Waals surface area (Å²) in [6.07, 6.45) is 0.935. The molecule has 0 aliphatic carbocycles. The fourth-order valence-corrected chi connectivity index (χ4v) is 1.82. The van der Waals surface area contributed by atoms with Crippen molar-refractivity contribution in [1.29, 1.82) is 0 Å². The molecule has 1 heterocycles. The number of benzene rings is 1. The summed E-state index contributed by atoms with van der Waals surface area (Å²) >= 11 is 0. The summed E-state index contributed by atoms with van der Waals surface area (Å²) in [6.45, 7) is 2.09. The topological polar surface area (TPSA) is 87.0 Å². The molecule has 0 amide bonds. The molecule has 2 rings (SSSR count).